The Bertz CT molecular complexity index is 456. The second kappa shape index (κ2) is 7.71. The number of benzene rings is 1. The Morgan fingerprint density at radius 3 is 2.95 bits per heavy atom. The Hall–Kier alpha value is -1.20. The third-order valence-corrected chi connectivity index (χ3v) is 3.89. The lowest BCUT2D eigenvalue weighted by Crippen LogP contribution is -2.30. The number of aliphatic hydroxyl groups excluding tert-OH is 1. The molecular formula is C16H23F2NO2. The first-order valence-corrected chi connectivity index (χ1v) is 7.53. The highest BCUT2D eigenvalue weighted by Gasteiger charge is 2.20. The highest BCUT2D eigenvalue weighted by molar-refractivity contribution is 5.44. The van der Waals surface area contributed by atoms with Crippen molar-refractivity contribution in [1.82, 2.24) is 0 Å². The molecule has 0 amide bonds. The van der Waals surface area contributed by atoms with E-state index in [2.05, 4.69) is 12.2 Å². The molecular weight excluding hydrogens is 276 g/mol. The molecule has 1 aliphatic carbocycles. The fourth-order valence-electron chi connectivity index (χ4n) is 2.70. The predicted molar refractivity (Wildman–Crippen MR) is 78.2 cm³/mol. The molecule has 0 spiro atoms. The zero-order chi connectivity index (χ0) is 15.2. The SMILES string of the molecule is CC1CCCC(OCC(O)CNc2cccc(F)c2F)C1. The van der Waals surface area contributed by atoms with Crippen LogP contribution in [0.2, 0.25) is 0 Å². The summed E-state index contributed by atoms with van der Waals surface area (Å²) in [6.07, 6.45) is 3.92. The molecule has 1 aromatic rings. The fourth-order valence-corrected chi connectivity index (χ4v) is 2.70. The largest absolute Gasteiger partial charge is 0.389 e. The van der Waals surface area contributed by atoms with Crippen molar-refractivity contribution >= 4 is 5.69 Å². The molecule has 3 atom stereocenters. The second-order valence-electron chi connectivity index (χ2n) is 5.86. The summed E-state index contributed by atoms with van der Waals surface area (Å²) in [5.74, 6) is -1.16. The zero-order valence-corrected chi connectivity index (χ0v) is 12.3. The maximum absolute atomic E-state index is 13.4. The average Bonchev–Trinajstić information content (AvgIpc) is 2.47. The summed E-state index contributed by atoms with van der Waals surface area (Å²) in [7, 11) is 0. The van der Waals surface area contributed by atoms with E-state index in [0.717, 1.165) is 25.3 Å². The molecule has 3 unspecified atom stereocenters. The Labute approximate surface area is 124 Å². The van der Waals surface area contributed by atoms with Crippen molar-refractivity contribution < 1.29 is 18.6 Å². The summed E-state index contributed by atoms with van der Waals surface area (Å²) < 4.78 is 32.2. The van der Waals surface area contributed by atoms with E-state index in [4.69, 9.17) is 4.74 Å². The van der Waals surface area contributed by atoms with Gasteiger partial charge in [0.25, 0.3) is 0 Å². The number of nitrogens with one attached hydrogen (secondary N) is 1. The number of hydrogen-bond acceptors (Lipinski definition) is 3. The van der Waals surface area contributed by atoms with Crippen LogP contribution >= 0.6 is 0 Å². The van der Waals surface area contributed by atoms with Gasteiger partial charge in [0.2, 0.25) is 0 Å². The van der Waals surface area contributed by atoms with Gasteiger partial charge in [0.15, 0.2) is 11.6 Å². The molecule has 0 heterocycles. The summed E-state index contributed by atoms with van der Waals surface area (Å²) >= 11 is 0. The molecule has 2 rings (SSSR count). The topological polar surface area (TPSA) is 41.5 Å². The van der Waals surface area contributed by atoms with Gasteiger partial charge in [-0.1, -0.05) is 25.8 Å². The number of aliphatic hydroxyl groups is 1. The molecule has 1 aromatic carbocycles. The first-order valence-electron chi connectivity index (χ1n) is 7.53. The van der Waals surface area contributed by atoms with Gasteiger partial charge < -0.3 is 15.2 Å². The summed E-state index contributed by atoms with van der Waals surface area (Å²) in [5.41, 5.74) is 0.0559. The molecule has 5 heteroatoms. The van der Waals surface area contributed by atoms with Crippen LogP contribution in [-0.2, 0) is 4.74 Å². The van der Waals surface area contributed by atoms with Crippen molar-refractivity contribution in [2.45, 2.75) is 44.8 Å². The summed E-state index contributed by atoms with van der Waals surface area (Å²) in [6.45, 7) is 2.55. The van der Waals surface area contributed by atoms with Crippen LogP contribution in [0.15, 0.2) is 18.2 Å². The van der Waals surface area contributed by atoms with Crippen molar-refractivity contribution in [1.29, 1.82) is 0 Å². The Balaban J connectivity index is 1.72. The molecule has 0 bridgehead atoms. The molecule has 118 valence electrons. The van der Waals surface area contributed by atoms with Crippen LogP contribution in [0.5, 0.6) is 0 Å². The zero-order valence-electron chi connectivity index (χ0n) is 12.3. The minimum absolute atomic E-state index is 0.0559. The second-order valence-corrected chi connectivity index (χ2v) is 5.86. The van der Waals surface area contributed by atoms with E-state index in [1.165, 1.54) is 18.6 Å². The smallest absolute Gasteiger partial charge is 0.181 e. The van der Waals surface area contributed by atoms with Crippen LogP contribution in [0, 0.1) is 17.6 Å². The summed E-state index contributed by atoms with van der Waals surface area (Å²) in [6, 6.07) is 3.92. The standard InChI is InChI=1S/C16H23F2NO2/c1-11-4-2-5-13(8-11)21-10-12(20)9-19-15-7-3-6-14(17)16(15)18/h3,6-7,11-13,19-20H,2,4-5,8-10H2,1H3. The molecule has 0 radical (unpaired) electrons. The van der Waals surface area contributed by atoms with Gasteiger partial charge in [-0.3, -0.25) is 0 Å². The van der Waals surface area contributed by atoms with Gasteiger partial charge in [0, 0.05) is 6.54 Å². The molecule has 1 aliphatic rings. The van der Waals surface area contributed by atoms with Gasteiger partial charge in [0.1, 0.15) is 0 Å². The van der Waals surface area contributed by atoms with E-state index in [0.29, 0.717) is 5.92 Å². The fraction of sp³-hybridized carbons (Fsp3) is 0.625. The van der Waals surface area contributed by atoms with E-state index in [9.17, 15) is 13.9 Å². The van der Waals surface area contributed by atoms with E-state index in [1.54, 1.807) is 0 Å². The maximum atomic E-state index is 13.4. The van der Waals surface area contributed by atoms with Crippen molar-refractivity contribution in [3.05, 3.63) is 29.8 Å². The molecule has 1 fully saturated rings. The summed E-state index contributed by atoms with van der Waals surface area (Å²) in [5, 5.41) is 12.6. The minimum atomic E-state index is -0.924. The molecule has 3 nitrogen and oxygen atoms in total. The quantitative estimate of drug-likeness (QED) is 0.846. The Morgan fingerprint density at radius 2 is 2.19 bits per heavy atom. The average molecular weight is 299 g/mol. The monoisotopic (exact) mass is 299 g/mol. The molecule has 0 saturated heterocycles. The van der Waals surface area contributed by atoms with Crippen molar-refractivity contribution in [2.75, 3.05) is 18.5 Å². The van der Waals surface area contributed by atoms with Crippen LogP contribution in [0.1, 0.15) is 32.6 Å². The van der Waals surface area contributed by atoms with Crippen LogP contribution in [-0.4, -0.2) is 30.5 Å². The normalized spacial score (nSPS) is 23.8. The lowest BCUT2D eigenvalue weighted by atomic mass is 9.89. The van der Waals surface area contributed by atoms with E-state index in [-0.39, 0.29) is 24.9 Å². The van der Waals surface area contributed by atoms with Gasteiger partial charge in [-0.05, 0) is 30.9 Å². The van der Waals surface area contributed by atoms with Crippen LogP contribution < -0.4 is 5.32 Å². The number of hydrogen-bond donors (Lipinski definition) is 2. The first-order chi connectivity index (χ1) is 10.1. The first kappa shape index (κ1) is 16.2. The van der Waals surface area contributed by atoms with E-state index >= 15 is 0 Å². The van der Waals surface area contributed by atoms with Gasteiger partial charge in [0.05, 0.1) is 24.5 Å². The van der Waals surface area contributed by atoms with E-state index in [1.807, 2.05) is 0 Å². The number of ether oxygens (including phenoxy) is 1. The predicted octanol–water partition coefficient (Wildman–Crippen LogP) is 3.33. The highest BCUT2D eigenvalue weighted by Crippen LogP contribution is 2.25. The highest BCUT2D eigenvalue weighted by atomic mass is 19.2. The number of rotatable bonds is 6. The molecule has 0 aromatic heterocycles. The van der Waals surface area contributed by atoms with Gasteiger partial charge in [-0.15, -0.1) is 0 Å². The van der Waals surface area contributed by atoms with Crippen molar-refractivity contribution in [3.8, 4) is 0 Å². The molecule has 0 aliphatic heterocycles. The Kier molecular flexibility index (Phi) is 5.94. The number of halogens is 2. The van der Waals surface area contributed by atoms with Gasteiger partial charge in [-0.25, -0.2) is 8.78 Å². The third-order valence-electron chi connectivity index (χ3n) is 3.89. The lowest BCUT2D eigenvalue weighted by Gasteiger charge is -2.27. The minimum Gasteiger partial charge on any atom is -0.389 e. The van der Waals surface area contributed by atoms with Crippen LogP contribution in [0.4, 0.5) is 14.5 Å². The lowest BCUT2D eigenvalue weighted by molar-refractivity contribution is -0.0274. The summed E-state index contributed by atoms with van der Waals surface area (Å²) in [4.78, 5) is 0. The maximum Gasteiger partial charge on any atom is 0.181 e. The molecule has 2 N–H and O–H groups in total. The molecule has 21 heavy (non-hydrogen) atoms. The van der Waals surface area contributed by atoms with Gasteiger partial charge >= 0.3 is 0 Å². The van der Waals surface area contributed by atoms with Crippen LogP contribution in [0.3, 0.4) is 0 Å². The van der Waals surface area contributed by atoms with Crippen molar-refractivity contribution in [3.63, 3.8) is 0 Å². The molecule has 1 saturated carbocycles. The Morgan fingerprint density at radius 1 is 1.38 bits per heavy atom. The van der Waals surface area contributed by atoms with Crippen molar-refractivity contribution in [2.24, 2.45) is 5.92 Å². The number of anilines is 1. The van der Waals surface area contributed by atoms with Gasteiger partial charge in [-0.2, -0.15) is 0 Å². The third kappa shape index (κ3) is 4.93. The van der Waals surface area contributed by atoms with E-state index < -0.39 is 17.7 Å². The van der Waals surface area contributed by atoms with Crippen LogP contribution in [0.25, 0.3) is 0 Å².